The van der Waals surface area contributed by atoms with Crippen molar-refractivity contribution < 1.29 is 23.5 Å². The first kappa shape index (κ1) is 19.3. The number of halogens is 1. The summed E-state index contributed by atoms with van der Waals surface area (Å²) in [5, 5.41) is 0. The second-order valence-corrected chi connectivity index (χ2v) is 7.35. The standard InChI is InChI=1S/C21H22FN3O4/c1-13-3-5-14(6-4-13)9-24-18(26)10-25(21(27)19(24)15-11-29-12-15)20-17(22)7-16(28-2)8-23-20/h3-8,15,19H,9-12H2,1-2H3. The average Bonchev–Trinajstić information content (AvgIpc) is 2.67. The first-order valence-electron chi connectivity index (χ1n) is 9.41. The molecule has 0 aliphatic carbocycles. The lowest BCUT2D eigenvalue weighted by atomic mass is 9.92. The molecule has 152 valence electrons. The number of ether oxygens (including phenoxy) is 2. The molecule has 2 fully saturated rings. The van der Waals surface area contributed by atoms with E-state index in [-0.39, 0.29) is 35.8 Å². The summed E-state index contributed by atoms with van der Waals surface area (Å²) >= 11 is 0. The van der Waals surface area contributed by atoms with Crippen molar-refractivity contribution in [1.82, 2.24) is 9.88 Å². The van der Waals surface area contributed by atoms with Crippen LogP contribution in [-0.2, 0) is 20.9 Å². The molecule has 0 N–H and O–H groups in total. The number of aromatic nitrogens is 1. The van der Waals surface area contributed by atoms with Crippen molar-refractivity contribution in [2.24, 2.45) is 5.92 Å². The van der Waals surface area contributed by atoms with Crippen LogP contribution in [-0.4, -0.2) is 54.6 Å². The first-order chi connectivity index (χ1) is 14.0. The molecule has 1 aromatic carbocycles. The third-order valence-corrected chi connectivity index (χ3v) is 5.34. The summed E-state index contributed by atoms with van der Waals surface area (Å²) in [4.78, 5) is 33.0. The van der Waals surface area contributed by atoms with Crippen molar-refractivity contribution in [3.63, 3.8) is 0 Å². The number of anilines is 1. The molecule has 1 unspecified atom stereocenters. The predicted molar refractivity (Wildman–Crippen MR) is 103 cm³/mol. The molecule has 0 saturated carbocycles. The van der Waals surface area contributed by atoms with Crippen LogP contribution in [0.25, 0.3) is 0 Å². The first-order valence-corrected chi connectivity index (χ1v) is 9.41. The molecule has 0 bridgehead atoms. The quantitative estimate of drug-likeness (QED) is 0.768. The Morgan fingerprint density at radius 3 is 2.55 bits per heavy atom. The van der Waals surface area contributed by atoms with E-state index in [0.29, 0.717) is 19.8 Å². The van der Waals surface area contributed by atoms with Gasteiger partial charge in [0.15, 0.2) is 11.6 Å². The van der Waals surface area contributed by atoms with Gasteiger partial charge in [0.25, 0.3) is 5.91 Å². The molecule has 2 aliphatic heterocycles. The molecule has 29 heavy (non-hydrogen) atoms. The summed E-state index contributed by atoms with van der Waals surface area (Å²) in [6.45, 7) is 2.83. The maximum Gasteiger partial charge on any atom is 0.251 e. The van der Waals surface area contributed by atoms with E-state index >= 15 is 0 Å². The van der Waals surface area contributed by atoms with Gasteiger partial charge in [-0.3, -0.25) is 14.5 Å². The predicted octanol–water partition coefficient (Wildman–Crippen LogP) is 1.93. The van der Waals surface area contributed by atoms with E-state index in [2.05, 4.69) is 4.98 Å². The van der Waals surface area contributed by atoms with E-state index in [9.17, 15) is 14.0 Å². The fourth-order valence-electron chi connectivity index (χ4n) is 3.62. The molecule has 2 aromatic rings. The number of piperazine rings is 1. The van der Waals surface area contributed by atoms with Crippen LogP contribution in [0.4, 0.5) is 10.2 Å². The number of methoxy groups -OCH3 is 1. The van der Waals surface area contributed by atoms with Gasteiger partial charge in [0.05, 0.1) is 26.5 Å². The van der Waals surface area contributed by atoms with Gasteiger partial charge in [-0.05, 0) is 12.5 Å². The lowest BCUT2D eigenvalue weighted by molar-refractivity contribution is -0.155. The third-order valence-electron chi connectivity index (χ3n) is 5.34. The maximum absolute atomic E-state index is 14.5. The van der Waals surface area contributed by atoms with Crippen LogP contribution in [0, 0.1) is 18.7 Å². The van der Waals surface area contributed by atoms with Crippen LogP contribution < -0.4 is 9.64 Å². The lowest BCUT2D eigenvalue weighted by Gasteiger charge is -2.45. The topological polar surface area (TPSA) is 72.0 Å². The zero-order valence-electron chi connectivity index (χ0n) is 16.3. The van der Waals surface area contributed by atoms with Crippen molar-refractivity contribution >= 4 is 17.6 Å². The summed E-state index contributed by atoms with van der Waals surface area (Å²) in [6.07, 6.45) is 1.33. The van der Waals surface area contributed by atoms with Crippen LogP contribution in [0.3, 0.4) is 0 Å². The van der Waals surface area contributed by atoms with Crippen molar-refractivity contribution in [3.05, 3.63) is 53.5 Å². The fraction of sp³-hybridized carbons (Fsp3) is 0.381. The summed E-state index contributed by atoms with van der Waals surface area (Å²) in [6, 6.07) is 8.26. The molecule has 2 amide bonds. The van der Waals surface area contributed by atoms with Crippen LogP contribution in [0.1, 0.15) is 11.1 Å². The van der Waals surface area contributed by atoms with Crippen LogP contribution in [0.2, 0.25) is 0 Å². The Hall–Kier alpha value is -3.00. The van der Waals surface area contributed by atoms with Gasteiger partial charge in [-0.1, -0.05) is 29.8 Å². The summed E-state index contributed by atoms with van der Waals surface area (Å²) in [7, 11) is 1.40. The van der Waals surface area contributed by atoms with Crippen LogP contribution in [0.15, 0.2) is 36.5 Å². The smallest absolute Gasteiger partial charge is 0.251 e. The molecule has 0 radical (unpaired) electrons. The van der Waals surface area contributed by atoms with Crippen molar-refractivity contribution in [2.45, 2.75) is 19.5 Å². The number of aryl methyl sites for hydroxylation is 1. The maximum atomic E-state index is 14.5. The highest BCUT2D eigenvalue weighted by molar-refractivity contribution is 6.06. The molecule has 1 aromatic heterocycles. The minimum atomic E-state index is -0.713. The molecule has 3 heterocycles. The molecular weight excluding hydrogens is 377 g/mol. The van der Waals surface area contributed by atoms with Crippen molar-refractivity contribution in [2.75, 3.05) is 31.8 Å². The Kier molecular flexibility index (Phi) is 5.19. The summed E-state index contributed by atoms with van der Waals surface area (Å²) in [5.41, 5.74) is 2.05. The van der Waals surface area contributed by atoms with E-state index < -0.39 is 11.9 Å². The van der Waals surface area contributed by atoms with Gasteiger partial charge in [0.1, 0.15) is 18.3 Å². The number of amides is 2. The largest absolute Gasteiger partial charge is 0.495 e. The Balaban J connectivity index is 1.64. The highest BCUT2D eigenvalue weighted by atomic mass is 19.1. The Labute approximate surface area is 168 Å². The Morgan fingerprint density at radius 2 is 1.97 bits per heavy atom. The van der Waals surface area contributed by atoms with Crippen LogP contribution >= 0.6 is 0 Å². The van der Waals surface area contributed by atoms with Gasteiger partial charge >= 0.3 is 0 Å². The minimum absolute atomic E-state index is 0.124. The van der Waals surface area contributed by atoms with Gasteiger partial charge in [-0.15, -0.1) is 0 Å². The van der Waals surface area contributed by atoms with Gasteiger partial charge < -0.3 is 14.4 Å². The number of nitrogens with zero attached hydrogens (tertiary/aromatic N) is 3. The van der Waals surface area contributed by atoms with Gasteiger partial charge in [-0.2, -0.15) is 0 Å². The number of carbonyl (C=O) groups excluding carboxylic acids is 2. The Morgan fingerprint density at radius 1 is 1.24 bits per heavy atom. The number of benzene rings is 1. The van der Waals surface area contributed by atoms with Crippen molar-refractivity contribution in [3.8, 4) is 5.75 Å². The normalized spacial score (nSPS) is 20.0. The fourth-order valence-corrected chi connectivity index (χ4v) is 3.62. The summed E-state index contributed by atoms with van der Waals surface area (Å²) < 4.78 is 24.8. The summed E-state index contributed by atoms with van der Waals surface area (Å²) in [5.74, 6) is -1.35. The monoisotopic (exact) mass is 399 g/mol. The Bertz CT molecular complexity index is 930. The van der Waals surface area contributed by atoms with Crippen molar-refractivity contribution in [1.29, 1.82) is 0 Å². The minimum Gasteiger partial charge on any atom is -0.495 e. The SMILES string of the molecule is COc1cnc(N2CC(=O)N(Cc3ccc(C)cc3)C(C3COC3)C2=O)c(F)c1. The van der Waals surface area contributed by atoms with E-state index in [1.807, 2.05) is 31.2 Å². The molecule has 2 saturated heterocycles. The molecule has 1 atom stereocenters. The molecule has 8 heteroatoms. The number of hydrogen-bond donors (Lipinski definition) is 0. The highest BCUT2D eigenvalue weighted by Gasteiger charge is 2.47. The van der Waals surface area contributed by atoms with Crippen LogP contribution in [0.5, 0.6) is 5.75 Å². The number of rotatable bonds is 5. The van der Waals surface area contributed by atoms with E-state index in [4.69, 9.17) is 9.47 Å². The molecule has 2 aliphatic rings. The second kappa shape index (κ2) is 7.79. The number of carbonyl (C=O) groups is 2. The highest BCUT2D eigenvalue weighted by Crippen LogP contribution is 2.30. The molecule has 4 rings (SSSR count). The van der Waals surface area contributed by atoms with Gasteiger partial charge in [0, 0.05) is 18.5 Å². The van der Waals surface area contributed by atoms with E-state index in [1.54, 1.807) is 4.90 Å². The van der Waals surface area contributed by atoms with Gasteiger partial charge in [-0.25, -0.2) is 9.37 Å². The van der Waals surface area contributed by atoms with E-state index in [0.717, 1.165) is 22.1 Å². The number of hydrogen-bond acceptors (Lipinski definition) is 5. The van der Waals surface area contributed by atoms with E-state index in [1.165, 1.54) is 13.3 Å². The van der Waals surface area contributed by atoms with Gasteiger partial charge in [0.2, 0.25) is 5.91 Å². The molecule has 0 spiro atoms. The number of pyridine rings is 1. The average molecular weight is 399 g/mol. The zero-order valence-corrected chi connectivity index (χ0v) is 16.3. The zero-order chi connectivity index (χ0) is 20.5. The lowest BCUT2D eigenvalue weighted by Crippen LogP contribution is -2.65. The second-order valence-electron chi connectivity index (χ2n) is 7.35. The molecular formula is C21H22FN3O4. The molecule has 7 nitrogen and oxygen atoms in total. The third kappa shape index (κ3) is 3.67.